The number of rotatable bonds is 2. The van der Waals surface area contributed by atoms with Crippen molar-refractivity contribution in [1.82, 2.24) is 9.38 Å². The van der Waals surface area contributed by atoms with Crippen LogP contribution in [-0.2, 0) is 0 Å². The third-order valence-corrected chi connectivity index (χ3v) is 2.17. The van der Waals surface area contributed by atoms with E-state index in [4.69, 9.17) is 8.85 Å². The molecular weight excluding hydrogens is 176 g/mol. The van der Waals surface area contributed by atoms with Crippen LogP contribution in [-0.4, -0.2) is 16.4 Å². The van der Waals surface area contributed by atoms with Gasteiger partial charge in [0.1, 0.15) is 0 Å². The Bertz CT molecular complexity index is 531. The monoisotopic (exact) mass is 193 g/mol. The SMILES string of the molecule is [2H]C([2H])([2H])Oc1cccn2cc(C(C)C)nc12. The summed E-state index contributed by atoms with van der Waals surface area (Å²) in [6, 6.07) is 3.35. The van der Waals surface area contributed by atoms with Gasteiger partial charge in [-0.05, 0) is 18.1 Å². The second-order valence-electron chi connectivity index (χ2n) is 3.53. The average molecular weight is 193 g/mol. The summed E-state index contributed by atoms with van der Waals surface area (Å²) in [7, 11) is -2.45. The second kappa shape index (κ2) is 3.33. The van der Waals surface area contributed by atoms with Crippen molar-refractivity contribution in [2.75, 3.05) is 7.04 Å². The van der Waals surface area contributed by atoms with Crippen LogP contribution in [0, 0.1) is 0 Å². The van der Waals surface area contributed by atoms with Gasteiger partial charge in [-0.2, -0.15) is 0 Å². The van der Waals surface area contributed by atoms with E-state index in [-0.39, 0.29) is 11.7 Å². The Balaban J connectivity index is 2.49. The van der Waals surface area contributed by atoms with Gasteiger partial charge in [0.05, 0.1) is 16.8 Å². The summed E-state index contributed by atoms with van der Waals surface area (Å²) in [4.78, 5) is 4.38. The Labute approximate surface area is 87.6 Å². The maximum atomic E-state index is 7.11. The van der Waals surface area contributed by atoms with Crippen LogP contribution >= 0.6 is 0 Å². The van der Waals surface area contributed by atoms with E-state index in [0.717, 1.165) is 5.69 Å². The van der Waals surface area contributed by atoms with Crippen molar-refractivity contribution in [3.8, 4) is 5.75 Å². The fourth-order valence-corrected chi connectivity index (χ4v) is 1.36. The smallest absolute Gasteiger partial charge is 0.179 e. The number of aromatic nitrogens is 2. The number of ether oxygens (including phenoxy) is 1. The number of methoxy groups -OCH3 is 1. The zero-order chi connectivity index (χ0) is 12.6. The van der Waals surface area contributed by atoms with Crippen LogP contribution < -0.4 is 4.74 Å². The van der Waals surface area contributed by atoms with E-state index in [9.17, 15) is 0 Å². The summed E-state index contributed by atoms with van der Waals surface area (Å²) in [6.07, 6.45) is 3.70. The van der Waals surface area contributed by atoms with Crippen molar-refractivity contribution < 1.29 is 8.85 Å². The Morgan fingerprint density at radius 1 is 1.57 bits per heavy atom. The molecule has 0 saturated carbocycles. The molecule has 2 rings (SSSR count). The minimum atomic E-state index is -2.45. The van der Waals surface area contributed by atoms with Gasteiger partial charge in [0.2, 0.25) is 0 Å². The minimum Gasteiger partial charge on any atom is -0.493 e. The van der Waals surface area contributed by atoms with E-state index in [0.29, 0.717) is 5.65 Å². The Hall–Kier alpha value is -1.51. The molecule has 2 aromatic heterocycles. The van der Waals surface area contributed by atoms with Gasteiger partial charge in [-0.15, -0.1) is 0 Å². The number of imidazole rings is 1. The molecule has 0 saturated heterocycles. The molecule has 0 unspecified atom stereocenters. The predicted molar refractivity (Wildman–Crippen MR) is 55.8 cm³/mol. The Kier molecular flexibility index (Phi) is 1.44. The highest BCUT2D eigenvalue weighted by molar-refractivity contribution is 5.54. The van der Waals surface area contributed by atoms with Gasteiger partial charge < -0.3 is 9.14 Å². The topological polar surface area (TPSA) is 26.5 Å². The van der Waals surface area contributed by atoms with Crippen molar-refractivity contribution in [2.24, 2.45) is 0 Å². The lowest BCUT2D eigenvalue weighted by atomic mass is 10.2. The molecular formula is C11H14N2O. The summed E-state index contributed by atoms with van der Waals surface area (Å²) in [5.74, 6) is 0.565. The first-order chi connectivity index (χ1) is 7.87. The van der Waals surface area contributed by atoms with E-state index < -0.39 is 7.04 Å². The molecule has 3 nitrogen and oxygen atoms in total. The zero-order valence-corrected chi connectivity index (χ0v) is 8.19. The van der Waals surface area contributed by atoms with Crippen LogP contribution in [0.3, 0.4) is 0 Å². The molecule has 0 aliphatic rings. The first-order valence-corrected chi connectivity index (χ1v) is 4.53. The molecule has 0 atom stereocenters. The Morgan fingerprint density at radius 3 is 3.14 bits per heavy atom. The number of nitrogens with zero attached hydrogens (tertiary/aromatic N) is 2. The van der Waals surface area contributed by atoms with E-state index in [1.165, 1.54) is 0 Å². The van der Waals surface area contributed by atoms with Gasteiger partial charge in [0.15, 0.2) is 11.4 Å². The highest BCUT2D eigenvalue weighted by Crippen LogP contribution is 2.21. The van der Waals surface area contributed by atoms with Crippen molar-refractivity contribution >= 4 is 5.65 Å². The number of hydrogen-bond donors (Lipinski definition) is 0. The summed E-state index contributed by atoms with van der Waals surface area (Å²) in [5, 5.41) is 0. The highest BCUT2D eigenvalue weighted by Gasteiger charge is 2.08. The standard InChI is InChI=1S/C11H14N2O/c1-8(2)9-7-13-6-4-5-10(14-3)11(13)12-9/h4-8H,1-3H3/i3D3. The minimum absolute atomic E-state index is 0.277. The molecule has 74 valence electrons. The quantitative estimate of drug-likeness (QED) is 0.732. The maximum Gasteiger partial charge on any atom is 0.179 e. The first kappa shape index (κ1) is 6.06. The van der Waals surface area contributed by atoms with Gasteiger partial charge in [0.25, 0.3) is 0 Å². The van der Waals surface area contributed by atoms with Crippen LogP contribution in [0.1, 0.15) is 29.6 Å². The fourth-order valence-electron chi connectivity index (χ4n) is 1.36. The molecule has 0 radical (unpaired) electrons. The average Bonchev–Trinajstić information content (AvgIpc) is 2.60. The summed E-state index contributed by atoms with van der Waals surface area (Å²) < 4.78 is 28.0. The number of pyridine rings is 1. The number of hydrogen-bond acceptors (Lipinski definition) is 2. The van der Waals surface area contributed by atoms with Crippen LogP contribution in [0.2, 0.25) is 0 Å². The van der Waals surface area contributed by atoms with Crippen LogP contribution in [0.4, 0.5) is 0 Å². The predicted octanol–water partition coefficient (Wildman–Crippen LogP) is 2.47. The van der Waals surface area contributed by atoms with Gasteiger partial charge in [-0.3, -0.25) is 0 Å². The highest BCUT2D eigenvalue weighted by atomic mass is 16.5. The summed E-state index contributed by atoms with van der Waals surface area (Å²) >= 11 is 0. The van der Waals surface area contributed by atoms with E-state index >= 15 is 0 Å². The summed E-state index contributed by atoms with van der Waals surface area (Å²) in [6.45, 7) is 4.07. The lowest BCUT2D eigenvalue weighted by Crippen LogP contribution is -1.88. The van der Waals surface area contributed by atoms with Gasteiger partial charge in [0, 0.05) is 12.4 Å². The molecule has 2 aromatic rings. The molecule has 0 fully saturated rings. The number of fused-ring (bicyclic) bond motifs is 1. The normalized spacial score (nSPS) is 15.2. The molecule has 2 heterocycles. The lowest BCUT2D eigenvalue weighted by molar-refractivity contribution is 0.417. The molecule has 0 amide bonds. The lowest BCUT2D eigenvalue weighted by Gasteiger charge is -1.99. The molecule has 0 aliphatic heterocycles. The van der Waals surface area contributed by atoms with Gasteiger partial charge in [-0.25, -0.2) is 4.98 Å². The van der Waals surface area contributed by atoms with Crippen LogP contribution in [0.25, 0.3) is 5.65 Å². The molecule has 0 spiro atoms. The fraction of sp³-hybridized carbons (Fsp3) is 0.364. The van der Waals surface area contributed by atoms with Crippen molar-refractivity contribution in [2.45, 2.75) is 19.8 Å². The molecule has 0 N–H and O–H groups in total. The molecule has 14 heavy (non-hydrogen) atoms. The first-order valence-electron chi connectivity index (χ1n) is 6.03. The van der Waals surface area contributed by atoms with Crippen molar-refractivity contribution in [3.63, 3.8) is 0 Å². The van der Waals surface area contributed by atoms with E-state index in [1.54, 1.807) is 16.5 Å². The zero-order valence-electron chi connectivity index (χ0n) is 11.2. The molecule has 0 bridgehead atoms. The van der Waals surface area contributed by atoms with Crippen molar-refractivity contribution in [3.05, 3.63) is 30.2 Å². The largest absolute Gasteiger partial charge is 0.493 e. The Morgan fingerprint density at radius 2 is 2.43 bits per heavy atom. The van der Waals surface area contributed by atoms with Crippen LogP contribution in [0.15, 0.2) is 24.5 Å². The molecule has 0 aliphatic carbocycles. The third-order valence-electron chi connectivity index (χ3n) is 2.17. The second-order valence-corrected chi connectivity index (χ2v) is 3.53. The van der Waals surface area contributed by atoms with Crippen LogP contribution in [0.5, 0.6) is 5.75 Å². The molecule has 0 aromatic carbocycles. The summed E-state index contributed by atoms with van der Waals surface area (Å²) in [5.41, 5.74) is 1.44. The van der Waals surface area contributed by atoms with Gasteiger partial charge >= 0.3 is 0 Å². The van der Waals surface area contributed by atoms with Gasteiger partial charge in [-0.1, -0.05) is 13.8 Å². The third kappa shape index (κ3) is 1.35. The van der Waals surface area contributed by atoms with E-state index in [2.05, 4.69) is 4.98 Å². The van der Waals surface area contributed by atoms with E-state index in [1.807, 2.05) is 26.2 Å². The van der Waals surface area contributed by atoms with Crippen molar-refractivity contribution in [1.29, 1.82) is 0 Å². The maximum absolute atomic E-state index is 7.11. The molecule has 3 heteroatoms.